The first kappa shape index (κ1) is 12.9. The second kappa shape index (κ2) is 6.39. The van der Waals surface area contributed by atoms with Crippen LogP contribution in [0.3, 0.4) is 0 Å². The van der Waals surface area contributed by atoms with E-state index in [1.807, 2.05) is 0 Å². The molecular weight excluding hydrogens is 162 g/mol. The number of hydrogen-bond acceptors (Lipinski definition) is 2. The highest BCUT2D eigenvalue weighted by molar-refractivity contribution is 4.73. The van der Waals surface area contributed by atoms with E-state index in [1.165, 1.54) is 0 Å². The fourth-order valence-corrected chi connectivity index (χ4v) is 1.20. The second-order valence-electron chi connectivity index (χ2n) is 4.37. The van der Waals surface area contributed by atoms with Crippen molar-refractivity contribution in [2.75, 3.05) is 13.2 Å². The van der Waals surface area contributed by atoms with Gasteiger partial charge in [0.15, 0.2) is 0 Å². The van der Waals surface area contributed by atoms with Gasteiger partial charge in [0.2, 0.25) is 0 Å². The summed E-state index contributed by atoms with van der Waals surface area (Å²) in [6.45, 7) is 10.3. The second-order valence-corrected chi connectivity index (χ2v) is 4.37. The van der Waals surface area contributed by atoms with Gasteiger partial charge in [0.05, 0.1) is 5.60 Å². The van der Waals surface area contributed by atoms with Crippen LogP contribution in [0.2, 0.25) is 0 Å². The zero-order valence-corrected chi connectivity index (χ0v) is 9.60. The lowest BCUT2D eigenvalue weighted by molar-refractivity contribution is -0.0425. The molecule has 2 N–H and O–H groups in total. The average molecular weight is 187 g/mol. The molecule has 1 atom stereocenters. The minimum Gasteiger partial charge on any atom is -0.375 e. The van der Waals surface area contributed by atoms with Crippen LogP contribution >= 0.6 is 0 Å². The summed E-state index contributed by atoms with van der Waals surface area (Å²) in [6.07, 6.45) is 3.14. The van der Waals surface area contributed by atoms with Gasteiger partial charge in [-0.15, -0.1) is 0 Å². The van der Waals surface area contributed by atoms with Crippen molar-refractivity contribution in [2.24, 2.45) is 11.7 Å². The third-order valence-corrected chi connectivity index (χ3v) is 2.57. The number of hydrogen-bond donors (Lipinski definition) is 1. The summed E-state index contributed by atoms with van der Waals surface area (Å²) in [7, 11) is 0. The van der Waals surface area contributed by atoms with E-state index in [9.17, 15) is 0 Å². The van der Waals surface area contributed by atoms with Crippen molar-refractivity contribution in [1.82, 2.24) is 0 Å². The zero-order valence-electron chi connectivity index (χ0n) is 9.60. The molecule has 0 saturated heterocycles. The van der Waals surface area contributed by atoms with Crippen molar-refractivity contribution in [3.8, 4) is 0 Å². The Morgan fingerprint density at radius 3 is 2.38 bits per heavy atom. The van der Waals surface area contributed by atoms with Crippen molar-refractivity contribution in [1.29, 1.82) is 0 Å². The Kier molecular flexibility index (Phi) is 6.35. The lowest BCUT2D eigenvalue weighted by Crippen LogP contribution is -2.31. The SMILES string of the molecule is CCC(C)(CCN)OCCC(C)C. The predicted octanol–water partition coefficient (Wildman–Crippen LogP) is 2.57. The Morgan fingerprint density at radius 2 is 2.00 bits per heavy atom. The lowest BCUT2D eigenvalue weighted by atomic mass is 9.99. The van der Waals surface area contributed by atoms with Gasteiger partial charge in [-0.2, -0.15) is 0 Å². The molecule has 1 unspecified atom stereocenters. The molecule has 2 heteroatoms. The fourth-order valence-electron chi connectivity index (χ4n) is 1.20. The maximum atomic E-state index is 5.85. The summed E-state index contributed by atoms with van der Waals surface area (Å²) in [5.41, 5.74) is 5.55. The Morgan fingerprint density at radius 1 is 1.38 bits per heavy atom. The van der Waals surface area contributed by atoms with E-state index in [0.29, 0.717) is 6.54 Å². The van der Waals surface area contributed by atoms with Crippen LogP contribution in [0.1, 0.15) is 47.0 Å². The first-order valence-electron chi connectivity index (χ1n) is 5.38. The molecule has 0 saturated carbocycles. The van der Waals surface area contributed by atoms with Crippen LogP contribution in [-0.4, -0.2) is 18.8 Å². The van der Waals surface area contributed by atoms with E-state index in [-0.39, 0.29) is 5.60 Å². The molecular formula is C11H25NO. The molecule has 0 aromatic heterocycles. The number of rotatable bonds is 7. The molecule has 0 radical (unpaired) electrons. The van der Waals surface area contributed by atoms with Crippen LogP contribution in [0, 0.1) is 5.92 Å². The fraction of sp³-hybridized carbons (Fsp3) is 1.00. The topological polar surface area (TPSA) is 35.2 Å². The average Bonchev–Trinajstić information content (AvgIpc) is 2.04. The minimum absolute atomic E-state index is 0.00361. The van der Waals surface area contributed by atoms with Crippen LogP contribution in [0.5, 0.6) is 0 Å². The van der Waals surface area contributed by atoms with Gasteiger partial charge in [0.25, 0.3) is 0 Å². The summed E-state index contributed by atoms with van der Waals surface area (Å²) in [4.78, 5) is 0. The van der Waals surface area contributed by atoms with Gasteiger partial charge in [-0.1, -0.05) is 20.8 Å². The maximum Gasteiger partial charge on any atom is 0.0663 e. The minimum atomic E-state index is 0.00361. The Labute approximate surface area is 82.8 Å². The molecule has 0 heterocycles. The quantitative estimate of drug-likeness (QED) is 0.665. The van der Waals surface area contributed by atoms with Crippen LogP contribution in [0.4, 0.5) is 0 Å². The van der Waals surface area contributed by atoms with Gasteiger partial charge in [-0.05, 0) is 38.6 Å². The van der Waals surface area contributed by atoms with Crippen molar-refractivity contribution in [3.63, 3.8) is 0 Å². The standard InChI is InChI=1S/C11H25NO/c1-5-11(4,7-8-12)13-9-6-10(2)3/h10H,5-9,12H2,1-4H3. The molecule has 0 rings (SSSR count). The summed E-state index contributed by atoms with van der Waals surface area (Å²) in [5, 5.41) is 0. The van der Waals surface area contributed by atoms with Crippen LogP contribution in [0.15, 0.2) is 0 Å². The van der Waals surface area contributed by atoms with E-state index in [4.69, 9.17) is 10.5 Å². The molecule has 0 amide bonds. The molecule has 2 nitrogen and oxygen atoms in total. The van der Waals surface area contributed by atoms with E-state index in [2.05, 4.69) is 27.7 Å². The van der Waals surface area contributed by atoms with Gasteiger partial charge in [-0.25, -0.2) is 0 Å². The molecule has 80 valence electrons. The van der Waals surface area contributed by atoms with Crippen LogP contribution in [-0.2, 0) is 4.74 Å². The molecule has 0 aliphatic carbocycles. The Balaban J connectivity index is 3.69. The third kappa shape index (κ3) is 6.05. The summed E-state index contributed by atoms with van der Waals surface area (Å²) < 4.78 is 5.85. The van der Waals surface area contributed by atoms with Crippen LogP contribution in [0.25, 0.3) is 0 Å². The summed E-state index contributed by atoms with van der Waals surface area (Å²) in [5.74, 6) is 0.721. The molecule has 0 bridgehead atoms. The Bertz CT molecular complexity index is 125. The molecule has 13 heavy (non-hydrogen) atoms. The van der Waals surface area contributed by atoms with Gasteiger partial charge < -0.3 is 10.5 Å². The van der Waals surface area contributed by atoms with E-state index in [0.717, 1.165) is 31.8 Å². The highest BCUT2D eigenvalue weighted by Gasteiger charge is 2.21. The molecule has 0 aliphatic heterocycles. The first-order chi connectivity index (χ1) is 6.04. The maximum absolute atomic E-state index is 5.85. The van der Waals surface area contributed by atoms with Crippen molar-refractivity contribution in [3.05, 3.63) is 0 Å². The van der Waals surface area contributed by atoms with Gasteiger partial charge in [0, 0.05) is 6.61 Å². The third-order valence-electron chi connectivity index (χ3n) is 2.57. The number of nitrogens with two attached hydrogens (primary N) is 1. The predicted molar refractivity (Wildman–Crippen MR) is 57.8 cm³/mol. The van der Waals surface area contributed by atoms with Crippen LogP contribution < -0.4 is 5.73 Å². The zero-order chi connectivity index (χ0) is 10.3. The Hall–Kier alpha value is -0.0800. The monoisotopic (exact) mass is 187 g/mol. The smallest absolute Gasteiger partial charge is 0.0663 e. The largest absolute Gasteiger partial charge is 0.375 e. The van der Waals surface area contributed by atoms with E-state index in [1.54, 1.807) is 0 Å². The summed E-state index contributed by atoms with van der Waals surface area (Å²) in [6, 6.07) is 0. The van der Waals surface area contributed by atoms with E-state index >= 15 is 0 Å². The summed E-state index contributed by atoms with van der Waals surface area (Å²) >= 11 is 0. The van der Waals surface area contributed by atoms with Gasteiger partial charge in [-0.3, -0.25) is 0 Å². The number of ether oxygens (including phenoxy) is 1. The first-order valence-corrected chi connectivity index (χ1v) is 5.38. The van der Waals surface area contributed by atoms with Crippen molar-refractivity contribution in [2.45, 2.75) is 52.6 Å². The lowest BCUT2D eigenvalue weighted by Gasteiger charge is -2.28. The highest BCUT2D eigenvalue weighted by atomic mass is 16.5. The van der Waals surface area contributed by atoms with Crippen molar-refractivity contribution >= 4 is 0 Å². The molecule has 0 spiro atoms. The normalized spacial score (nSPS) is 16.2. The molecule has 0 aromatic carbocycles. The van der Waals surface area contributed by atoms with E-state index < -0.39 is 0 Å². The molecule has 0 aliphatic rings. The molecule has 0 aromatic rings. The van der Waals surface area contributed by atoms with Gasteiger partial charge >= 0.3 is 0 Å². The van der Waals surface area contributed by atoms with Gasteiger partial charge in [0.1, 0.15) is 0 Å². The van der Waals surface area contributed by atoms with Crippen molar-refractivity contribution < 1.29 is 4.74 Å². The highest BCUT2D eigenvalue weighted by Crippen LogP contribution is 2.19. The molecule has 0 fully saturated rings.